The van der Waals surface area contributed by atoms with Crippen LogP contribution in [0, 0.1) is 26.7 Å². The van der Waals surface area contributed by atoms with Gasteiger partial charge in [-0.3, -0.25) is 9.59 Å². The number of rotatable bonds is 3. The van der Waals surface area contributed by atoms with Crippen LogP contribution in [0.3, 0.4) is 0 Å². The number of carbonyl (C=O) groups is 2. The number of nitrogens with one attached hydrogen (secondary N) is 1. The fourth-order valence-corrected chi connectivity index (χ4v) is 2.97. The Labute approximate surface area is 142 Å². The van der Waals surface area contributed by atoms with Crippen LogP contribution in [0.15, 0.2) is 42.5 Å². The van der Waals surface area contributed by atoms with E-state index >= 15 is 0 Å². The van der Waals surface area contributed by atoms with E-state index in [4.69, 9.17) is 0 Å². The summed E-state index contributed by atoms with van der Waals surface area (Å²) in [6, 6.07) is 13.6. The summed E-state index contributed by atoms with van der Waals surface area (Å²) >= 11 is 0. The molecule has 2 aromatic rings. The third kappa shape index (κ3) is 3.18. The standard InChI is InChI=1S/C20H22N2O2/c1-13-8-9-17(10-15(13)3)22-12-16(11-19(22)23)20(24)21-18-7-5-4-6-14(18)2/h4-10,16H,11-12H2,1-3H3,(H,21,24)/t16-/m0/s1. The van der Waals surface area contributed by atoms with Crippen molar-refractivity contribution >= 4 is 23.2 Å². The highest BCUT2D eigenvalue weighted by Crippen LogP contribution is 2.28. The average Bonchev–Trinajstić information content (AvgIpc) is 2.94. The second-order valence-electron chi connectivity index (χ2n) is 6.48. The van der Waals surface area contributed by atoms with E-state index in [9.17, 15) is 9.59 Å². The normalized spacial score (nSPS) is 17.2. The molecule has 24 heavy (non-hydrogen) atoms. The van der Waals surface area contributed by atoms with E-state index in [0.29, 0.717) is 6.54 Å². The second kappa shape index (κ2) is 6.48. The molecule has 1 N–H and O–H groups in total. The van der Waals surface area contributed by atoms with Gasteiger partial charge in [-0.1, -0.05) is 24.3 Å². The van der Waals surface area contributed by atoms with Crippen LogP contribution >= 0.6 is 0 Å². The molecule has 0 bridgehead atoms. The number of para-hydroxylation sites is 1. The van der Waals surface area contributed by atoms with Crippen molar-refractivity contribution in [3.05, 3.63) is 59.2 Å². The third-order valence-corrected chi connectivity index (χ3v) is 4.70. The van der Waals surface area contributed by atoms with Crippen LogP contribution in [0.2, 0.25) is 0 Å². The minimum Gasteiger partial charge on any atom is -0.326 e. The smallest absolute Gasteiger partial charge is 0.229 e. The van der Waals surface area contributed by atoms with E-state index < -0.39 is 0 Å². The van der Waals surface area contributed by atoms with E-state index in [0.717, 1.165) is 22.5 Å². The zero-order valence-electron chi connectivity index (χ0n) is 14.3. The van der Waals surface area contributed by atoms with Gasteiger partial charge in [0, 0.05) is 24.3 Å². The number of benzene rings is 2. The molecule has 0 unspecified atom stereocenters. The maximum Gasteiger partial charge on any atom is 0.229 e. The topological polar surface area (TPSA) is 49.4 Å². The highest BCUT2D eigenvalue weighted by atomic mass is 16.2. The van der Waals surface area contributed by atoms with Crippen LogP contribution in [-0.4, -0.2) is 18.4 Å². The fraction of sp³-hybridized carbons (Fsp3) is 0.300. The molecule has 1 saturated heterocycles. The summed E-state index contributed by atoms with van der Waals surface area (Å²) in [7, 11) is 0. The van der Waals surface area contributed by atoms with Gasteiger partial charge in [-0.2, -0.15) is 0 Å². The van der Waals surface area contributed by atoms with Crippen molar-refractivity contribution in [1.29, 1.82) is 0 Å². The maximum absolute atomic E-state index is 12.5. The average molecular weight is 322 g/mol. The fourth-order valence-electron chi connectivity index (χ4n) is 2.97. The Morgan fingerprint density at radius 1 is 1.04 bits per heavy atom. The van der Waals surface area contributed by atoms with Gasteiger partial charge in [0.2, 0.25) is 11.8 Å². The minimum atomic E-state index is -0.321. The van der Waals surface area contributed by atoms with Crippen molar-refractivity contribution in [2.75, 3.05) is 16.8 Å². The number of aryl methyl sites for hydroxylation is 3. The van der Waals surface area contributed by atoms with Gasteiger partial charge in [0.15, 0.2) is 0 Å². The Bertz CT molecular complexity index is 798. The Kier molecular flexibility index (Phi) is 4.38. The van der Waals surface area contributed by atoms with Gasteiger partial charge in [0.25, 0.3) is 0 Å². The molecule has 4 heteroatoms. The molecule has 2 aromatic carbocycles. The van der Waals surface area contributed by atoms with Crippen molar-refractivity contribution in [3.63, 3.8) is 0 Å². The van der Waals surface area contributed by atoms with Crippen LogP contribution in [0.1, 0.15) is 23.1 Å². The van der Waals surface area contributed by atoms with Gasteiger partial charge in [0.1, 0.15) is 0 Å². The summed E-state index contributed by atoms with van der Waals surface area (Å²) in [6.07, 6.45) is 0.255. The lowest BCUT2D eigenvalue weighted by Gasteiger charge is -2.18. The molecule has 0 spiro atoms. The molecule has 1 aliphatic rings. The lowest BCUT2D eigenvalue weighted by atomic mass is 10.1. The number of carbonyl (C=O) groups excluding carboxylic acids is 2. The van der Waals surface area contributed by atoms with Crippen LogP contribution in [0.5, 0.6) is 0 Å². The Morgan fingerprint density at radius 3 is 2.50 bits per heavy atom. The highest BCUT2D eigenvalue weighted by molar-refractivity contribution is 6.03. The summed E-state index contributed by atoms with van der Waals surface area (Å²) in [5.41, 5.74) is 5.03. The number of amides is 2. The summed E-state index contributed by atoms with van der Waals surface area (Å²) < 4.78 is 0. The quantitative estimate of drug-likeness (QED) is 0.938. The van der Waals surface area contributed by atoms with Crippen molar-refractivity contribution in [3.8, 4) is 0 Å². The number of hydrogen-bond acceptors (Lipinski definition) is 2. The molecule has 0 saturated carbocycles. The van der Waals surface area contributed by atoms with E-state index in [1.54, 1.807) is 4.90 Å². The molecule has 0 aliphatic carbocycles. The zero-order valence-corrected chi connectivity index (χ0v) is 14.3. The van der Waals surface area contributed by atoms with Crippen LogP contribution in [-0.2, 0) is 9.59 Å². The summed E-state index contributed by atoms with van der Waals surface area (Å²) in [4.78, 5) is 26.6. The SMILES string of the molecule is Cc1ccc(N2C[C@@H](C(=O)Nc3ccccc3C)CC2=O)cc1C. The maximum atomic E-state index is 12.5. The Morgan fingerprint density at radius 2 is 1.79 bits per heavy atom. The van der Waals surface area contributed by atoms with Crippen molar-refractivity contribution in [2.24, 2.45) is 5.92 Å². The van der Waals surface area contributed by atoms with Crippen molar-refractivity contribution in [1.82, 2.24) is 0 Å². The summed E-state index contributed by atoms with van der Waals surface area (Å²) in [5.74, 6) is -0.411. The van der Waals surface area contributed by atoms with E-state index in [1.807, 2.05) is 63.2 Å². The first kappa shape index (κ1) is 16.2. The first-order chi connectivity index (χ1) is 11.5. The number of nitrogens with zero attached hydrogens (tertiary/aromatic N) is 1. The van der Waals surface area contributed by atoms with Gasteiger partial charge in [-0.25, -0.2) is 0 Å². The predicted molar refractivity (Wildman–Crippen MR) is 96.2 cm³/mol. The van der Waals surface area contributed by atoms with E-state index in [1.165, 1.54) is 5.56 Å². The van der Waals surface area contributed by atoms with Crippen LogP contribution < -0.4 is 10.2 Å². The van der Waals surface area contributed by atoms with Crippen molar-refractivity contribution in [2.45, 2.75) is 27.2 Å². The van der Waals surface area contributed by atoms with Crippen LogP contribution in [0.4, 0.5) is 11.4 Å². The first-order valence-electron chi connectivity index (χ1n) is 8.20. The monoisotopic (exact) mass is 322 g/mol. The second-order valence-corrected chi connectivity index (χ2v) is 6.48. The largest absolute Gasteiger partial charge is 0.326 e. The third-order valence-electron chi connectivity index (χ3n) is 4.70. The Balaban J connectivity index is 1.73. The molecule has 3 rings (SSSR count). The summed E-state index contributed by atoms with van der Waals surface area (Å²) in [6.45, 7) is 6.46. The Hall–Kier alpha value is -2.62. The zero-order chi connectivity index (χ0) is 17.3. The molecule has 0 radical (unpaired) electrons. The number of anilines is 2. The molecular weight excluding hydrogens is 300 g/mol. The first-order valence-corrected chi connectivity index (χ1v) is 8.20. The van der Waals surface area contributed by atoms with Gasteiger partial charge < -0.3 is 10.2 Å². The molecule has 124 valence electrons. The van der Waals surface area contributed by atoms with Gasteiger partial charge in [-0.15, -0.1) is 0 Å². The van der Waals surface area contributed by atoms with Crippen LogP contribution in [0.25, 0.3) is 0 Å². The molecule has 1 heterocycles. The highest BCUT2D eigenvalue weighted by Gasteiger charge is 2.35. The molecule has 4 nitrogen and oxygen atoms in total. The minimum absolute atomic E-state index is 0.00295. The van der Waals surface area contributed by atoms with Gasteiger partial charge in [-0.05, 0) is 55.7 Å². The lowest BCUT2D eigenvalue weighted by Crippen LogP contribution is -2.28. The van der Waals surface area contributed by atoms with E-state index in [-0.39, 0.29) is 24.2 Å². The molecule has 2 amide bonds. The lowest BCUT2D eigenvalue weighted by molar-refractivity contribution is -0.122. The van der Waals surface area contributed by atoms with E-state index in [2.05, 4.69) is 5.32 Å². The molecular formula is C20H22N2O2. The molecule has 0 aromatic heterocycles. The molecule has 1 fully saturated rings. The predicted octanol–water partition coefficient (Wildman–Crippen LogP) is 3.60. The molecule has 1 aliphatic heterocycles. The summed E-state index contributed by atoms with van der Waals surface area (Å²) in [5, 5.41) is 2.95. The molecule has 1 atom stereocenters. The van der Waals surface area contributed by atoms with Gasteiger partial charge >= 0.3 is 0 Å². The van der Waals surface area contributed by atoms with Crippen molar-refractivity contribution < 1.29 is 9.59 Å². The number of hydrogen-bond donors (Lipinski definition) is 1. The van der Waals surface area contributed by atoms with Gasteiger partial charge in [0.05, 0.1) is 5.92 Å².